The maximum atomic E-state index is 11.1. The molecule has 1 aliphatic heterocycles. The van der Waals surface area contributed by atoms with E-state index in [2.05, 4.69) is 0 Å². The highest BCUT2D eigenvalue weighted by atomic mass is 16.3. The molecule has 0 aliphatic carbocycles. The fourth-order valence-corrected chi connectivity index (χ4v) is 1.36. The van der Waals surface area contributed by atoms with E-state index in [-0.39, 0.29) is 11.9 Å². The van der Waals surface area contributed by atoms with Crippen LogP contribution in [0.2, 0.25) is 0 Å². The van der Waals surface area contributed by atoms with Crippen molar-refractivity contribution in [3.05, 3.63) is 0 Å². The van der Waals surface area contributed by atoms with Crippen molar-refractivity contribution in [2.45, 2.75) is 38.8 Å². The molecule has 0 aromatic rings. The summed E-state index contributed by atoms with van der Waals surface area (Å²) < 4.78 is 0. The van der Waals surface area contributed by atoms with Gasteiger partial charge in [-0.2, -0.15) is 0 Å². The van der Waals surface area contributed by atoms with E-state index >= 15 is 0 Å². The molecule has 0 spiro atoms. The van der Waals surface area contributed by atoms with Crippen molar-refractivity contribution in [2.24, 2.45) is 0 Å². The molecule has 1 N–H and O–H groups in total. The quantitative estimate of drug-likeness (QED) is 0.629. The van der Waals surface area contributed by atoms with Crippen LogP contribution >= 0.6 is 0 Å². The van der Waals surface area contributed by atoms with Gasteiger partial charge in [-0.25, -0.2) is 0 Å². The van der Waals surface area contributed by atoms with Crippen LogP contribution in [0, 0.1) is 0 Å². The van der Waals surface area contributed by atoms with Gasteiger partial charge in [0.25, 0.3) is 0 Å². The van der Waals surface area contributed by atoms with Crippen molar-refractivity contribution in [3.63, 3.8) is 0 Å². The van der Waals surface area contributed by atoms with E-state index in [1.54, 1.807) is 11.8 Å². The van der Waals surface area contributed by atoms with Gasteiger partial charge in [0.05, 0.1) is 12.1 Å². The molecule has 0 aromatic carbocycles. The van der Waals surface area contributed by atoms with Crippen molar-refractivity contribution < 1.29 is 9.90 Å². The largest absolute Gasteiger partial charge is 0.391 e. The fraction of sp³-hybridized carbons (Fsp3) is 0.875. The lowest BCUT2D eigenvalue weighted by Gasteiger charge is -2.26. The number of likely N-dealkylation sites (tertiary alicyclic amines) is 1. The van der Waals surface area contributed by atoms with Crippen LogP contribution in [0.25, 0.3) is 0 Å². The Balaban J connectivity index is 2.52. The zero-order chi connectivity index (χ0) is 8.43. The van der Waals surface area contributed by atoms with Crippen molar-refractivity contribution in [3.8, 4) is 0 Å². The second-order valence-electron chi connectivity index (χ2n) is 3.17. The van der Waals surface area contributed by atoms with E-state index in [9.17, 15) is 9.90 Å². The Kier molecular flexibility index (Phi) is 2.49. The van der Waals surface area contributed by atoms with Gasteiger partial charge in [0.1, 0.15) is 0 Å². The first-order chi connectivity index (χ1) is 5.13. The van der Waals surface area contributed by atoms with Crippen molar-refractivity contribution >= 4 is 5.91 Å². The van der Waals surface area contributed by atoms with Crippen LogP contribution in [0.1, 0.15) is 26.7 Å². The number of hydrogen-bond donors (Lipinski definition) is 1. The van der Waals surface area contributed by atoms with Gasteiger partial charge in [-0.15, -0.1) is 0 Å². The van der Waals surface area contributed by atoms with Crippen molar-refractivity contribution in [1.29, 1.82) is 0 Å². The lowest BCUT2D eigenvalue weighted by Crippen LogP contribution is -2.40. The monoisotopic (exact) mass is 157 g/mol. The number of aliphatic hydroxyl groups is 1. The van der Waals surface area contributed by atoms with E-state index in [4.69, 9.17) is 0 Å². The number of carbonyl (C=O) groups excluding carboxylic acids is 1. The lowest BCUT2D eigenvalue weighted by atomic mass is 10.2. The summed E-state index contributed by atoms with van der Waals surface area (Å²) in [7, 11) is 0. The standard InChI is InChI=1S/C8H15NO2/c1-6(7(2)10)9-5-3-4-8(9)11/h6-7,10H,3-5H2,1-2H3. The average Bonchev–Trinajstić information content (AvgIpc) is 2.33. The average molecular weight is 157 g/mol. The normalized spacial score (nSPS) is 23.9. The molecular weight excluding hydrogens is 142 g/mol. The molecule has 64 valence electrons. The molecule has 1 rings (SSSR count). The summed E-state index contributed by atoms with van der Waals surface area (Å²) in [4.78, 5) is 12.9. The van der Waals surface area contributed by atoms with Gasteiger partial charge in [-0.3, -0.25) is 4.79 Å². The number of aliphatic hydroxyl groups excluding tert-OH is 1. The minimum absolute atomic E-state index is 0.0231. The number of nitrogens with zero attached hydrogens (tertiary/aromatic N) is 1. The molecule has 0 radical (unpaired) electrons. The minimum Gasteiger partial charge on any atom is -0.391 e. The van der Waals surface area contributed by atoms with E-state index in [0.717, 1.165) is 13.0 Å². The van der Waals surface area contributed by atoms with Crippen LogP contribution in [-0.4, -0.2) is 34.6 Å². The molecule has 0 saturated carbocycles. The van der Waals surface area contributed by atoms with E-state index in [0.29, 0.717) is 6.42 Å². The second-order valence-corrected chi connectivity index (χ2v) is 3.17. The molecule has 0 aromatic heterocycles. The summed E-state index contributed by atoms with van der Waals surface area (Å²) in [6.07, 6.45) is 1.17. The maximum absolute atomic E-state index is 11.1. The Bertz CT molecular complexity index is 156. The molecule has 11 heavy (non-hydrogen) atoms. The molecule has 1 saturated heterocycles. The summed E-state index contributed by atoms with van der Waals surface area (Å²) in [5.41, 5.74) is 0. The minimum atomic E-state index is -0.419. The summed E-state index contributed by atoms with van der Waals surface area (Å²) in [5, 5.41) is 9.21. The lowest BCUT2D eigenvalue weighted by molar-refractivity contribution is -0.131. The van der Waals surface area contributed by atoms with Gasteiger partial charge in [0, 0.05) is 13.0 Å². The SMILES string of the molecule is CC(O)C(C)N1CCCC1=O. The van der Waals surface area contributed by atoms with Gasteiger partial charge in [0.2, 0.25) is 5.91 Å². The van der Waals surface area contributed by atoms with E-state index in [1.807, 2.05) is 6.92 Å². The van der Waals surface area contributed by atoms with Crippen molar-refractivity contribution in [1.82, 2.24) is 4.90 Å². The van der Waals surface area contributed by atoms with Crippen LogP contribution in [-0.2, 0) is 4.79 Å². The predicted octanol–water partition coefficient (Wildman–Crippen LogP) is 0.378. The Morgan fingerprint density at radius 3 is 2.55 bits per heavy atom. The van der Waals surface area contributed by atoms with Gasteiger partial charge in [-0.1, -0.05) is 0 Å². The van der Waals surface area contributed by atoms with Gasteiger partial charge in [-0.05, 0) is 20.3 Å². The summed E-state index contributed by atoms with van der Waals surface area (Å²) in [5.74, 6) is 0.179. The van der Waals surface area contributed by atoms with Crippen LogP contribution in [0.4, 0.5) is 0 Å². The third kappa shape index (κ3) is 1.71. The van der Waals surface area contributed by atoms with E-state index in [1.165, 1.54) is 0 Å². The molecule has 3 heteroatoms. The fourth-order valence-electron chi connectivity index (χ4n) is 1.36. The highest BCUT2D eigenvalue weighted by Crippen LogP contribution is 2.15. The predicted molar refractivity (Wildman–Crippen MR) is 42.1 cm³/mol. The topological polar surface area (TPSA) is 40.5 Å². The van der Waals surface area contributed by atoms with Gasteiger partial charge < -0.3 is 10.0 Å². The molecule has 1 heterocycles. The Labute approximate surface area is 67.0 Å². The Morgan fingerprint density at radius 1 is 1.55 bits per heavy atom. The van der Waals surface area contributed by atoms with Crippen LogP contribution in [0.5, 0.6) is 0 Å². The smallest absolute Gasteiger partial charge is 0.222 e. The molecular formula is C8H15NO2. The van der Waals surface area contributed by atoms with Crippen LogP contribution < -0.4 is 0 Å². The zero-order valence-electron chi connectivity index (χ0n) is 7.08. The highest BCUT2D eigenvalue weighted by Gasteiger charge is 2.27. The number of hydrogen-bond acceptors (Lipinski definition) is 2. The highest BCUT2D eigenvalue weighted by molar-refractivity contribution is 5.78. The molecule has 2 unspecified atom stereocenters. The molecule has 0 bridgehead atoms. The molecule has 3 nitrogen and oxygen atoms in total. The first-order valence-corrected chi connectivity index (χ1v) is 4.10. The molecule has 1 amide bonds. The first kappa shape index (κ1) is 8.53. The Morgan fingerprint density at radius 2 is 2.18 bits per heavy atom. The molecule has 1 fully saturated rings. The third-order valence-corrected chi connectivity index (χ3v) is 2.30. The maximum Gasteiger partial charge on any atom is 0.222 e. The molecule has 1 aliphatic rings. The van der Waals surface area contributed by atoms with Crippen LogP contribution in [0.3, 0.4) is 0 Å². The van der Waals surface area contributed by atoms with E-state index < -0.39 is 6.10 Å². The summed E-state index contributed by atoms with van der Waals surface area (Å²) >= 11 is 0. The number of carbonyl (C=O) groups is 1. The van der Waals surface area contributed by atoms with Crippen molar-refractivity contribution in [2.75, 3.05) is 6.54 Å². The number of rotatable bonds is 2. The third-order valence-electron chi connectivity index (χ3n) is 2.30. The summed E-state index contributed by atoms with van der Waals surface area (Å²) in [6.45, 7) is 4.41. The number of amides is 1. The summed E-state index contributed by atoms with van der Waals surface area (Å²) in [6, 6.07) is -0.0231. The first-order valence-electron chi connectivity index (χ1n) is 4.10. The molecule has 2 atom stereocenters. The zero-order valence-corrected chi connectivity index (χ0v) is 7.08. The Hall–Kier alpha value is -0.570. The van der Waals surface area contributed by atoms with Gasteiger partial charge in [0.15, 0.2) is 0 Å². The van der Waals surface area contributed by atoms with Crippen LogP contribution in [0.15, 0.2) is 0 Å². The second kappa shape index (κ2) is 3.22. The van der Waals surface area contributed by atoms with Gasteiger partial charge >= 0.3 is 0 Å².